The van der Waals surface area contributed by atoms with Crippen molar-refractivity contribution >= 4 is 39.5 Å². The molecule has 5 atom stereocenters. The van der Waals surface area contributed by atoms with Crippen molar-refractivity contribution in [3.63, 3.8) is 0 Å². The van der Waals surface area contributed by atoms with Crippen LogP contribution in [0.2, 0.25) is 0 Å². The maximum atomic E-state index is 13.1. The number of carbonyl (C=O) groups is 4. The Labute approximate surface area is 617 Å². The predicted octanol–water partition coefficient (Wildman–Crippen LogP) is 22.7. The van der Waals surface area contributed by atoms with Crippen molar-refractivity contribution in [3.8, 4) is 0 Å². The predicted molar refractivity (Wildman–Crippen MR) is 417 cm³/mol. The van der Waals surface area contributed by atoms with Gasteiger partial charge in [0.15, 0.2) is 12.2 Å². The Kier molecular flexibility index (Phi) is 70.5. The van der Waals surface area contributed by atoms with Crippen LogP contribution in [-0.4, -0.2) is 96.7 Å². The highest BCUT2D eigenvalue weighted by Crippen LogP contribution is 2.45. The van der Waals surface area contributed by atoms with Gasteiger partial charge in [0.2, 0.25) is 0 Å². The monoisotopic (exact) mass is 1470 g/mol. The number of hydrogen-bond donors (Lipinski definition) is 3. The lowest BCUT2D eigenvalue weighted by molar-refractivity contribution is -0.161. The number of allylic oxidation sites excluding steroid dienone is 24. The molecule has 0 aliphatic heterocycles. The highest BCUT2D eigenvalue weighted by Gasteiger charge is 2.30. The Morgan fingerprint density at radius 2 is 0.520 bits per heavy atom. The molecule has 0 aromatic rings. The fourth-order valence-electron chi connectivity index (χ4n) is 9.90. The van der Waals surface area contributed by atoms with Crippen molar-refractivity contribution < 1.29 is 80.2 Å². The summed E-state index contributed by atoms with van der Waals surface area (Å²) in [6, 6.07) is 0. The average Bonchev–Trinajstić information content (AvgIpc) is 0.926. The summed E-state index contributed by atoms with van der Waals surface area (Å²) in [4.78, 5) is 72.9. The molecule has 0 aromatic carbocycles. The summed E-state index contributed by atoms with van der Waals surface area (Å²) in [5, 5.41) is 10.6. The molecular weight excluding hydrogens is 1330 g/mol. The maximum Gasteiger partial charge on any atom is 0.472 e. The standard InChI is InChI=1S/C83H138O17P2/c1-5-9-13-17-21-25-29-32-35-37-38-40-43-45-49-52-56-60-64-68-81(86)94-74-79(100-83(88)70-66-62-58-54-50-46-41-34-31-27-23-19-15-11-7-3)76-98-102(91,92)96-72-77(84)71-95-101(89,90)97-75-78(99-82(87)69-65-61-57-53-47-28-24-20-16-12-8-4)73-93-80(85)67-63-59-55-51-48-44-42-39-36-33-30-26-22-18-14-10-6-2/h10-11,14-15,21-23,25-27,32-36,38,40-42,44,50-51,54-55,77-79,84H,5-9,12-13,16-20,24,28-31,37,39,43,45-49,52-53,56-76H2,1-4H3,(H,89,90)(H,91,92)/b14-10-,15-11-,25-21-,26-22-,27-23-,35-32-,36-33-,40-38-,41-34-,44-42-,54-50-,55-51-. The minimum atomic E-state index is -5.00. The molecule has 0 bridgehead atoms. The number of phosphoric acid groups is 2. The van der Waals surface area contributed by atoms with Gasteiger partial charge in [-0.15, -0.1) is 0 Å². The topological polar surface area (TPSA) is 237 Å². The third kappa shape index (κ3) is 73.3. The summed E-state index contributed by atoms with van der Waals surface area (Å²) in [7, 11) is -9.99. The number of carbonyl (C=O) groups excluding carboxylic acids is 4. The van der Waals surface area contributed by atoms with Crippen LogP contribution >= 0.6 is 15.6 Å². The number of ether oxygens (including phenoxy) is 4. The van der Waals surface area contributed by atoms with Crippen molar-refractivity contribution in [1.82, 2.24) is 0 Å². The van der Waals surface area contributed by atoms with E-state index in [2.05, 4.69) is 161 Å². The molecule has 0 rings (SSSR count). The van der Waals surface area contributed by atoms with Gasteiger partial charge in [0, 0.05) is 25.7 Å². The summed E-state index contributed by atoms with van der Waals surface area (Å²) in [5.41, 5.74) is 0. The number of hydrogen-bond acceptors (Lipinski definition) is 15. The number of phosphoric ester groups is 2. The summed E-state index contributed by atoms with van der Waals surface area (Å²) < 4.78 is 68.4. The third-order valence-electron chi connectivity index (χ3n) is 15.8. The van der Waals surface area contributed by atoms with Gasteiger partial charge in [0.05, 0.1) is 26.4 Å². The number of unbranched alkanes of at least 4 members (excludes halogenated alkanes) is 22. The first kappa shape index (κ1) is 96.9. The lowest BCUT2D eigenvalue weighted by Gasteiger charge is -2.21. The quantitative estimate of drug-likeness (QED) is 0.0169. The fourth-order valence-corrected chi connectivity index (χ4v) is 11.5. The van der Waals surface area contributed by atoms with Gasteiger partial charge in [0.1, 0.15) is 19.3 Å². The molecular formula is C83H138O17P2. The number of aliphatic hydroxyl groups excluding tert-OH is 1. The van der Waals surface area contributed by atoms with Crippen LogP contribution in [0.3, 0.4) is 0 Å². The second-order valence-corrected chi connectivity index (χ2v) is 28.4. The molecule has 582 valence electrons. The molecule has 0 spiro atoms. The Morgan fingerprint density at radius 3 is 0.863 bits per heavy atom. The fraction of sp³-hybridized carbons (Fsp3) is 0.663. The molecule has 0 fully saturated rings. The van der Waals surface area contributed by atoms with Crippen molar-refractivity contribution in [3.05, 3.63) is 146 Å². The Balaban J connectivity index is 5.42. The first-order valence-corrected chi connectivity index (χ1v) is 42.1. The van der Waals surface area contributed by atoms with E-state index in [0.29, 0.717) is 38.5 Å². The van der Waals surface area contributed by atoms with Crippen molar-refractivity contribution in [1.29, 1.82) is 0 Å². The molecule has 0 saturated heterocycles. The minimum absolute atomic E-state index is 0.0348. The van der Waals surface area contributed by atoms with Crippen LogP contribution in [0.25, 0.3) is 0 Å². The van der Waals surface area contributed by atoms with Crippen molar-refractivity contribution in [2.75, 3.05) is 39.6 Å². The van der Waals surface area contributed by atoms with E-state index in [4.69, 9.17) is 37.0 Å². The van der Waals surface area contributed by atoms with Gasteiger partial charge in [-0.05, 0) is 141 Å². The summed E-state index contributed by atoms with van der Waals surface area (Å²) in [5.74, 6) is -2.31. The van der Waals surface area contributed by atoms with Gasteiger partial charge in [-0.25, -0.2) is 9.13 Å². The van der Waals surface area contributed by atoms with Gasteiger partial charge in [-0.1, -0.05) is 276 Å². The SMILES string of the molecule is CC/C=C\C/C=C\C/C=C\C/C=C\C/C=C\CCCC(=O)OCC(COP(=O)(O)OCC(O)COP(=O)(O)OCC(COC(=O)CCCCCCCC/C=C\C/C=C\C/C=C\CCCCC)OC(=O)CCCC/C=C\C/C=C\C/C=C\C/C=C\CC)OC(=O)CCCCCCCCCCCCC. The van der Waals surface area contributed by atoms with Crippen molar-refractivity contribution in [2.45, 2.75) is 316 Å². The average molecular weight is 1470 g/mol. The minimum Gasteiger partial charge on any atom is -0.462 e. The molecule has 0 amide bonds. The lowest BCUT2D eigenvalue weighted by atomic mass is 10.1. The largest absolute Gasteiger partial charge is 0.472 e. The Hall–Kier alpha value is -5.06. The van der Waals surface area contributed by atoms with Crippen LogP contribution in [0.1, 0.15) is 297 Å². The first-order chi connectivity index (χ1) is 49.7. The molecule has 0 heterocycles. The van der Waals surface area contributed by atoms with Gasteiger partial charge in [-0.2, -0.15) is 0 Å². The summed E-state index contributed by atoms with van der Waals surface area (Å²) in [6.07, 6.45) is 84.2. The summed E-state index contributed by atoms with van der Waals surface area (Å²) in [6.45, 7) is 4.48. The second kappa shape index (κ2) is 74.2. The number of rotatable bonds is 72. The zero-order valence-electron chi connectivity index (χ0n) is 63.5. The number of aliphatic hydroxyl groups is 1. The van der Waals surface area contributed by atoms with E-state index in [0.717, 1.165) is 148 Å². The van der Waals surface area contributed by atoms with E-state index in [1.807, 2.05) is 12.2 Å². The van der Waals surface area contributed by atoms with Gasteiger partial charge in [0.25, 0.3) is 0 Å². The second-order valence-electron chi connectivity index (χ2n) is 25.5. The highest BCUT2D eigenvalue weighted by molar-refractivity contribution is 7.47. The zero-order valence-corrected chi connectivity index (χ0v) is 65.3. The molecule has 0 saturated carbocycles. The summed E-state index contributed by atoms with van der Waals surface area (Å²) >= 11 is 0. The van der Waals surface area contributed by atoms with E-state index in [9.17, 15) is 43.2 Å². The Morgan fingerprint density at radius 1 is 0.284 bits per heavy atom. The molecule has 102 heavy (non-hydrogen) atoms. The first-order valence-electron chi connectivity index (χ1n) is 39.1. The van der Waals surface area contributed by atoms with Gasteiger partial charge < -0.3 is 33.8 Å². The molecule has 0 aromatic heterocycles. The van der Waals surface area contributed by atoms with Crippen LogP contribution in [-0.2, 0) is 65.4 Å². The van der Waals surface area contributed by atoms with E-state index < -0.39 is 97.5 Å². The third-order valence-corrected chi connectivity index (χ3v) is 17.7. The molecule has 0 aliphatic rings. The van der Waals surface area contributed by atoms with Crippen LogP contribution in [0.15, 0.2) is 146 Å². The molecule has 0 aliphatic carbocycles. The highest BCUT2D eigenvalue weighted by atomic mass is 31.2. The van der Waals surface area contributed by atoms with Crippen LogP contribution < -0.4 is 0 Å². The van der Waals surface area contributed by atoms with Gasteiger partial charge >= 0.3 is 39.5 Å². The molecule has 17 nitrogen and oxygen atoms in total. The Bertz CT molecular complexity index is 2510. The molecule has 3 N–H and O–H groups in total. The van der Waals surface area contributed by atoms with Crippen LogP contribution in [0.5, 0.6) is 0 Å². The zero-order chi connectivity index (χ0) is 74.6. The van der Waals surface area contributed by atoms with E-state index in [-0.39, 0.29) is 25.7 Å². The lowest BCUT2D eigenvalue weighted by Crippen LogP contribution is -2.30. The molecule has 5 unspecified atom stereocenters. The smallest absolute Gasteiger partial charge is 0.462 e. The molecule has 19 heteroatoms. The maximum absolute atomic E-state index is 13.1. The number of esters is 4. The van der Waals surface area contributed by atoms with E-state index >= 15 is 0 Å². The normalized spacial score (nSPS) is 14.7. The van der Waals surface area contributed by atoms with Gasteiger partial charge in [-0.3, -0.25) is 37.3 Å². The molecule has 0 radical (unpaired) electrons. The van der Waals surface area contributed by atoms with Crippen molar-refractivity contribution in [2.24, 2.45) is 0 Å². The van der Waals surface area contributed by atoms with Crippen LogP contribution in [0, 0.1) is 0 Å². The van der Waals surface area contributed by atoms with E-state index in [1.165, 1.54) is 57.8 Å². The van der Waals surface area contributed by atoms with Crippen LogP contribution in [0.4, 0.5) is 0 Å². The van der Waals surface area contributed by atoms with E-state index in [1.54, 1.807) is 0 Å².